The molecule has 98 valence electrons. The molecule has 0 saturated carbocycles. The molecule has 2 heterocycles. The lowest BCUT2D eigenvalue weighted by Crippen LogP contribution is -2.30. The molecule has 0 bridgehead atoms. The summed E-state index contributed by atoms with van der Waals surface area (Å²) in [7, 11) is 2.14. The smallest absolute Gasteiger partial charge is 0.230 e. The monoisotopic (exact) mass is 261 g/mol. The van der Waals surface area contributed by atoms with Crippen molar-refractivity contribution < 1.29 is 4.57 Å². The van der Waals surface area contributed by atoms with Crippen molar-refractivity contribution >= 4 is 27.3 Å². The van der Waals surface area contributed by atoms with Gasteiger partial charge in [-0.2, -0.15) is 4.40 Å². The van der Waals surface area contributed by atoms with Crippen LogP contribution in [0, 0.1) is 13.8 Å². The van der Waals surface area contributed by atoms with Crippen LogP contribution < -0.4 is 4.57 Å². The second kappa shape index (κ2) is 3.83. The highest BCUT2D eigenvalue weighted by Crippen LogP contribution is 2.30. The quantitative estimate of drug-likeness (QED) is 0.337. The van der Waals surface area contributed by atoms with Crippen LogP contribution in [0.25, 0.3) is 27.3 Å². The Kier molecular flexibility index (Phi) is 2.19. The molecule has 20 heavy (non-hydrogen) atoms. The summed E-state index contributed by atoms with van der Waals surface area (Å²) >= 11 is 0. The third-order valence-electron chi connectivity index (χ3n) is 4.34. The number of hydrogen-bond donors (Lipinski definition) is 0. The van der Waals surface area contributed by atoms with Crippen molar-refractivity contribution in [2.75, 3.05) is 0 Å². The fraction of sp³-hybridized carbons (Fsp3) is 0.167. The van der Waals surface area contributed by atoms with Gasteiger partial charge in [0.25, 0.3) is 5.65 Å². The third-order valence-corrected chi connectivity index (χ3v) is 4.34. The topological polar surface area (TPSA) is 8.29 Å². The summed E-state index contributed by atoms with van der Waals surface area (Å²) < 4.78 is 4.60. The fourth-order valence-corrected chi connectivity index (χ4v) is 3.24. The van der Waals surface area contributed by atoms with E-state index in [-0.39, 0.29) is 0 Å². The molecule has 0 radical (unpaired) electrons. The van der Waals surface area contributed by atoms with Gasteiger partial charge in [0, 0.05) is 17.7 Å². The molecule has 0 N–H and O–H groups in total. The number of benzene rings is 2. The number of aromatic nitrogens is 2. The molecule has 0 saturated heterocycles. The molecule has 2 aromatic carbocycles. The molecule has 0 unspecified atom stereocenters. The Morgan fingerprint density at radius 2 is 1.65 bits per heavy atom. The van der Waals surface area contributed by atoms with Crippen LogP contribution in [0.3, 0.4) is 0 Å². The lowest BCUT2D eigenvalue weighted by atomic mass is 10.0. The van der Waals surface area contributed by atoms with Gasteiger partial charge >= 0.3 is 0 Å². The Labute approximate surface area is 117 Å². The highest BCUT2D eigenvalue weighted by Gasteiger charge is 2.20. The minimum atomic E-state index is 1.27. The second-order valence-corrected chi connectivity index (χ2v) is 5.54. The van der Waals surface area contributed by atoms with E-state index in [9.17, 15) is 0 Å². The number of hydrogen-bond acceptors (Lipinski definition) is 0. The zero-order valence-corrected chi connectivity index (χ0v) is 12.0. The van der Waals surface area contributed by atoms with Gasteiger partial charge in [-0.15, -0.1) is 0 Å². The molecule has 0 atom stereocenters. The van der Waals surface area contributed by atoms with Gasteiger partial charge in [0.15, 0.2) is 0 Å². The van der Waals surface area contributed by atoms with Gasteiger partial charge in [-0.05, 0) is 18.6 Å². The predicted octanol–water partition coefficient (Wildman–Crippen LogP) is 3.69. The molecule has 0 aliphatic carbocycles. The minimum Gasteiger partial charge on any atom is -0.230 e. The van der Waals surface area contributed by atoms with E-state index in [2.05, 4.69) is 78.5 Å². The van der Waals surface area contributed by atoms with E-state index in [4.69, 9.17) is 0 Å². The SMILES string of the molecule is Cc1cccc2c3ccccc3n3cc(C)[n+](C)c3c12. The number of aryl methyl sites for hydroxylation is 3. The molecule has 2 nitrogen and oxygen atoms in total. The Hall–Kier alpha value is -2.35. The summed E-state index contributed by atoms with van der Waals surface area (Å²) in [6.07, 6.45) is 2.23. The zero-order valence-electron chi connectivity index (χ0n) is 12.0. The summed E-state index contributed by atoms with van der Waals surface area (Å²) in [5, 5.41) is 4.00. The standard InChI is InChI=1S/C18H17N2/c1-12-7-6-9-15-14-8-4-5-10-16(14)20-11-13(2)19(3)18(20)17(12)15/h4-11H,1-3H3/q+1. The first kappa shape index (κ1) is 11.5. The number of para-hydroxylation sites is 1. The van der Waals surface area contributed by atoms with Crippen LogP contribution in [0.15, 0.2) is 48.7 Å². The maximum atomic E-state index is 2.32. The summed E-state index contributed by atoms with van der Waals surface area (Å²) in [6.45, 7) is 4.35. The zero-order chi connectivity index (χ0) is 13.9. The molecule has 0 aliphatic rings. The van der Waals surface area contributed by atoms with Crippen LogP contribution in [-0.2, 0) is 7.05 Å². The van der Waals surface area contributed by atoms with Crippen molar-refractivity contribution in [3.05, 3.63) is 59.9 Å². The van der Waals surface area contributed by atoms with Crippen molar-refractivity contribution in [2.45, 2.75) is 13.8 Å². The highest BCUT2D eigenvalue weighted by molar-refractivity contribution is 6.12. The van der Waals surface area contributed by atoms with Crippen molar-refractivity contribution in [3.63, 3.8) is 0 Å². The Morgan fingerprint density at radius 1 is 0.900 bits per heavy atom. The summed E-state index contributed by atoms with van der Waals surface area (Å²) in [5.74, 6) is 0. The highest BCUT2D eigenvalue weighted by atomic mass is 15.1. The average Bonchev–Trinajstić information content (AvgIpc) is 2.76. The molecule has 4 aromatic rings. The largest absolute Gasteiger partial charge is 0.294 e. The van der Waals surface area contributed by atoms with E-state index >= 15 is 0 Å². The number of pyridine rings is 1. The lowest BCUT2D eigenvalue weighted by molar-refractivity contribution is -0.649. The Morgan fingerprint density at radius 3 is 2.50 bits per heavy atom. The first-order chi connectivity index (χ1) is 9.68. The first-order valence-electron chi connectivity index (χ1n) is 6.96. The Bertz CT molecular complexity index is 977. The molecule has 2 heteroatoms. The number of imidazole rings is 1. The van der Waals surface area contributed by atoms with Gasteiger partial charge in [0.2, 0.25) is 0 Å². The molecule has 0 amide bonds. The van der Waals surface area contributed by atoms with Crippen molar-refractivity contribution in [3.8, 4) is 0 Å². The molecule has 0 spiro atoms. The number of fused-ring (bicyclic) bond motifs is 6. The van der Waals surface area contributed by atoms with Gasteiger partial charge in [-0.3, -0.25) is 0 Å². The maximum absolute atomic E-state index is 2.32. The van der Waals surface area contributed by atoms with Gasteiger partial charge in [-0.25, -0.2) is 4.57 Å². The minimum absolute atomic E-state index is 1.27. The van der Waals surface area contributed by atoms with E-state index in [1.165, 1.54) is 38.6 Å². The lowest BCUT2D eigenvalue weighted by Gasteiger charge is -2.06. The second-order valence-electron chi connectivity index (χ2n) is 5.54. The molecular formula is C18H17N2+. The first-order valence-corrected chi connectivity index (χ1v) is 6.96. The maximum Gasteiger partial charge on any atom is 0.294 e. The molecular weight excluding hydrogens is 244 g/mol. The van der Waals surface area contributed by atoms with E-state index in [1.54, 1.807) is 0 Å². The Balaban J connectivity index is 2.49. The van der Waals surface area contributed by atoms with Crippen LogP contribution in [0.1, 0.15) is 11.3 Å². The summed E-state index contributed by atoms with van der Waals surface area (Å²) in [6, 6.07) is 15.2. The summed E-state index contributed by atoms with van der Waals surface area (Å²) in [4.78, 5) is 0. The molecule has 0 aliphatic heterocycles. The van der Waals surface area contributed by atoms with Crippen molar-refractivity contribution in [2.24, 2.45) is 7.05 Å². The van der Waals surface area contributed by atoms with Crippen LogP contribution in [0.4, 0.5) is 0 Å². The van der Waals surface area contributed by atoms with Gasteiger partial charge in [0.05, 0.1) is 12.4 Å². The van der Waals surface area contributed by atoms with Crippen LogP contribution in [0.5, 0.6) is 0 Å². The molecule has 0 fully saturated rings. The van der Waals surface area contributed by atoms with Crippen LogP contribution >= 0.6 is 0 Å². The van der Waals surface area contributed by atoms with E-state index in [1.807, 2.05) is 0 Å². The third kappa shape index (κ3) is 1.31. The van der Waals surface area contributed by atoms with E-state index in [0.717, 1.165) is 0 Å². The fourth-order valence-electron chi connectivity index (χ4n) is 3.24. The molecule has 4 rings (SSSR count). The number of rotatable bonds is 0. The van der Waals surface area contributed by atoms with Crippen LogP contribution in [0.2, 0.25) is 0 Å². The van der Waals surface area contributed by atoms with E-state index in [0.29, 0.717) is 0 Å². The average molecular weight is 261 g/mol. The van der Waals surface area contributed by atoms with Crippen LogP contribution in [-0.4, -0.2) is 4.40 Å². The van der Waals surface area contributed by atoms with Gasteiger partial charge < -0.3 is 0 Å². The molecule has 2 aromatic heterocycles. The predicted molar refractivity (Wildman–Crippen MR) is 83.1 cm³/mol. The van der Waals surface area contributed by atoms with Gasteiger partial charge in [0.1, 0.15) is 17.4 Å². The van der Waals surface area contributed by atoms with Gasteiger partial charge in [-0.1, -0.05) is 36.4 Å². The normalized spacial score (nSPS) is 11.8. The van der Waals surface area contributed by atoms with E-state index < -0.39 is 0 Å². The van der Waals surface area contributed by atoms with Crippen molar-refractivity contribution in [1.82, 2.24) is 4.40 Å². The van der Waals surface area contributed by atoms with Crippen molar-refractivity contribution in [1.29, 1.82) is 0 Å². The summed E-state index contributed by atoms with van der Waals surface area (Å²) in [5.41, 5.74) is 5.14. The number of nitrogens with zero attached hydrogens (tertiary/aromatic N) is 2.